The van der Waals surface area contributed by atoms with E-state index in [2.05, 4.69) is 15.4 Å². The van der Waals surface area contributed by atoms with Gasteiger partial charge in [-0.3, -0.25) is 14.4 Å². The number of nitrogens with one attached hydrogen (secondary N) is 2. The fraction of sp³-hybridized carbons (Fsp3) is 0.902. The second-order valence-electron chi connectivity index (χ2n) is 17.1. The molecule has 0 aliphatic carbocycles. The highest BCUT2D eigenvalue weighted by Gasteiger charge is 2.61. The minimum atomic E-state index is -3.13. The Morgan fingerprint density at radius 3 is 2.00 bits per heavy atom. The van der Waals surface area contributed by atoms with E-state index in [9.17, 15) is 80.5 Å². The number of carbonyl (C=O) groups is 4. The van der Waals surface area contributed by atoms with Gasteiger partial charge in [0, 0.05) is 26.4 Å². The molecule has 4 fully saturated rings. The minimum Gasteiger partial charge on any atom is -0.477 e. The zero-order valence-corrected chi connectivity index (χ0v) is 39.3. The van der Waals surface area contributed by atoms with Crippen molar-refractivity contribution in [3.8, 4) is 0 Å². The van der Waals surface area contributed by atoms with E-state index in [1.165, 1.54) is 7.11 Å². The van der Waals surface area contributed by atoms with E-state index in [0.29, 0.717) is 25.7 Å². The fourth-order valence-electron chi connectivity index (χ4n) is 8.34. The lowest BCUT2D eigenvalue weighted by atomic mass is 9.88. The molecule has 2 amide bonds. The van der Waals surface area contributed by atoms with Crippen LogP contribution in [0.25, 0.3) is 0 Å². The first-order valence-corrected chi connectivity index (χ1v) is 23.7. The van der Waals surface area contributed by atoms with E-state index in [1.54, 1.807) is 6.92 Å². The highest BCUT2D eigenvalue weighted by atomic mass is 32.2. The van der Waals surface area contributed by atoms with Crippen molar-refractivity contribution < 1.29 is 123 Å². The third kappa shape index (κ3) is 15.5. The van der Waals surface area contributed by atoms with Crippen molar-refractivity contribution in [3.05, 3.63) is 0 Å². The molecular formula is C41H70N2O25S. The van der Waals surface area contributed by atoms with Gasteiger partial charge in [-0.05, 0) is 18.6 Å². The Morgan fingerprint density at radius 1 is 0.754 bits per heavy atom. The molecule has 14 unspecified atom stereocenters. The van der Waals surface area contributed by atoms with Gasteiger partial charge in [0.1, 0.15) is 85.4 Å². The first kappa shape index (κ1) is 59.0. The van der Waals surface area contributed by atoms with E-state index in [4.69, 9.17) is 37.9 Å². The Balaban J connectivity index is 1.70. The summed E-state index contributed by atoms with van der Waals surface area (Å²) in [4.78, 5) is 50.0. The number of rotatable bonds is 25. The fourth-order valence-corrected chi connectivity index (χ4v) is 8.82. The van der Waals surface area contributed by atoms with Crippen LogP contribution < -0.4 is 10.6 Å². The molecule has 0 aromatic rings. The number of aliphatic hydroxyl groups is 11. The summed E-state index contributed by atoms with van der Waals surface area (Å²) in [6, 6.07) is -3.10. The molecular weight excluding hydrogens is 953 g/mol. The molecule has 4 saturated heterocycles. The van der Waals surface area contributed by atoms with Gasteiger partial charge < -0.3 is 115 Å². The van der Waals surface area contributed by atoms with Crippen LogP contribution in [0, 0.1) is 0 Å². The molecule has 0 saturated carbocycles. The molecule has 0 aromatic heterocycles. The van der Waals surface area contributed by atoms with Gasteiger partial charge in [0.2, 0.25) is 5.91 Å². The number of hydrogen-bond donors (Lipinski definition) is 14. The second kappa shape index (κ2) is 28.1. The highest BCUT2D eigenvalue weighted by Crippen LogP contribution is 2.39. The second-order valence-corrected chi connectivity index (χ2v) is 18.3. The Labute approximate surface area is 401 Å². The zero-order chi connectivity index (χ0) is 51.2. The van der Waals surface area contributed by atoms with Crippen LogP contribution in [0.4, 0.5) is 4.79 Å². The summed E-state index contributed by atoms with van der Waals surface area (Å²) < 4.78 is 52.2. The summed E-state index contributed by atoms with van der Waals surface area (Å²) in [5.41, 5.74) is 0. The average molecular weight is 1020 g/mol. The maximum Gasteiger partial charge on any atom is 0.364 e. The Bertz CT molecular complexity index is 1610. The lowest BCUT2D eigenvalue weighted by Gasteiger charge is -2.51. The number of aliphatic carboxylic acids is 1. The van der Waals surface area contributed by atoms with Gasteiger partial charge in [-0.15, -0.1) is 0 Å². The van der Waals surface area contributed by atoms with Crippen LogP contribution in [0.15, 0.2) is 0 Å². The monoisotopic (exact) mass is 1020 g/mol. The van der Waals surface area contributed by atoms with Crippen molar-refractivity contribution in [1.29, 1.82) is 0 Å². The summed E-state index contributed by atoms with van der Waals surface area (Å²) in [5, 5.41) is 133. The van der Waals surface area contributed by atoms with Crippen LogP contribution >= 0.6 is 11.8 Å². The van der Waals surface area contributed by atoms with Crippen molar-refractivity contribution in [3.63, 3.8) is 0 Å². The SMILES string of the molecule is CCSC(=O)NC1C(OC2OC(CO)[C@H](O)C(O[C@]3(C(=O)O)CC(O)[C@@H](NC(C)=O)C(C(O)C(O)CO)O3)C2O)[C@H](OC2OC[C@@H](O)C(O)C2O)C(CO)O[C@H]1OCCCCCCCCC(=O)OC. The van der Waals surface area contributed by atoms with Gasteiger partial charge in [-0.1, -0.05) is 44.4 Å². The number of ether oxygens (including phenoxy) is 9. The maximum atomic E-state index is 13.4. The van der Waals surface area contributed by atoms with Crippen LogP contribution in [-0.2, 0) is 57.0 Å². The third-order valence-electron chi connectivity index (χ3n) is 12.0. The predicted molar refractivity (Wildman–Crippen MR) is 229 cm³/mol. The van der Waals surface area contributed by atoms with E-state index >= 15 is 0 Å². The molecule has 0 bridgehead atoms. The van der Waals surface area contributed by atoms with Crippen LogP contribution in [0.1, 0.15) is 65.2 Å². The summed E-state index contributed by atoms with van der Waals surface area (Å²) >= 11 is 0.811. The van der Waals surface area contributed by atoms with E-state index < -0.39 is 172 Å². The number of aliphatic hydroxyl groups excluding tert-OH is 11. The molecule has 0 radical (unpaired) electrons. The van der Waals surface area contributed by atoms with Crippen molar-refractivity contribution in [2.45, 2.75) is 187 Å². The largest absolute Gasteiger partial charge is 0.477 e. The molecule has 69 heavy (non-hydrogen) atoms. The minimum absolute atomic E-state index is 0.0131. The number of hydrogen-bond acceptors (Lipinski definition) is 25. The van der Waals surface area contributed by atoms with Gasteiger partial charge in [0.25, 0.3) is 11.0 Å². The Hall–Kier alpha value is -2.53. The Kier molecular flexibility index (Phi) is 24.0. The molecule has 4 rings (SSSR count). The van der Waals surface area contributed by atoms with Gasteiger partial charge in [0.05, 0.1) is 45.7 Å². The topological polar surface area (TPSA) is 418 Å². The quantitative estimate of drug-likeness (QED) is 0.0300. The summed E-state index contributed by atoms with van der Waals surface area (Å²) in [6.07, 6.45) is -28.8. The lowest BCUT2D eigenvalue weighted by Crippen LogP contribution is -2.71. The molecule has 27 nitrogen and oxygen atoms in total. The molecule has 0 spiro atoms. The summed E-state index contributed by atoms with van der Waals surface area (Å²) in [7, 11) is 1.32. The lowest BCUT2D eigenvalue weighted by molar-refractivity contribution is -0.388. The van der Waals surface area contributed by atoms with Gasteiger partial charge in [-0.2, -0.15) is 0 Å². The molecule has 14 N–H and O–H groups in total. The standard InChI is InChI=1S/C41H70N2O25S/c1-4-69-40(59)43-26-34(32(65-37-30(55)27(52)21(50)17-62-37)23(16-46)64-36(26)61-12-10-8-6-5-7-9-11-24(51)60-3)66-38-31(56)35(29(54)22(15-45)63-38)68-41(39(57)58)13-19(48)25(42-18(2)47)33(67-41)28(53)20(49)14-44/h19-23,25-38,44-46,48-50,52-56H,4-17H2,1-3H3,(H,42,47)(H,43,59)(H,57,58)/t19?,20?,21-,22?,23?,25-,26?,27?,28?,29+,30?,31?,32-,33?,34?,35?,36-,37?,38?,41+/m1/s1. The van der Waals surface area contributed by atoms with Crippen LogP contribution in [0.3, 0.4) is 0 Å². The number of esters is 1. The van der Waals surface area contributed by atoms with Crippen molar-refractivity contribution in [2.24, 2.45) is 0 Å². The maximum absolute atomic E-state index is 13.4. The molecule has 4 aliphatic rings. The molecule has 4 heterocycles. The molecule has 400 valence electrons. The number of methoxy groups -OCH3 is 1. The number of carboxylic acid groups (broad SMARTS) is 1. The first-order chi connectivity index (χ1) is 32.8. The molecule has 0 aromatic carbocycles. The van der Waals surface area contributed by atoms with E-state index in [-0.39, 0.29) is 18.3 Å². The van der Waals surface area contributed by atoms with Gasteiger partial charge in [-0.25, -0.2) is 4.79 Å². The predicted octanol–water partition coefficient (Wildman–Crippen LogP) is -5.36. The van der Waals surface area contributed by atoms with E-state index in [0.717, 1.165) is 37.9 Å². The first-order valence-electron chi connectivity index (χ1n) is 22.8. The van der Waals surface area contributed by atoms with Crippen LogP contribution in [-0.4, -0.2) is 252 Å². The third-order valence-corrected chi connectivity index (χ3v) is 12.7. The smallest absolute Gasteiger partial charge is 0.364 e. The highest BCUT2D eigenvalue weighted by molar-refractivity contribution is 8.13. The van der Waals surface area contributed by atoms with Crippen molar-refractivity contribution in [2.75, 3.05) is 45.9 Å². The number of thioether (sulfide) groups is 1. The molecule has 28 heteroatoms. The van der Waals surface area contributed by atoms with Crippen LogP contribution in [0.2, 0.25) is 0 Å². The van der Waals surface area contributed by atoms with Crippen LogP contribution in [0.5, 0.6) is 0 Å². The number of unbranched alkanes of at least 4 members (excludes halogenated alkanes) is 5. The van der Waals surface area contributed by atoms with Gasteiger partial charge in [0.15, 0.2) is 18.9 Å². The number of carboxylic acids is 1. The molecule has 4 aliphatic heterocycles. The normalized spacial score (nSPS) is 38.1. The van der Waals surface area contributed by atoms with Gasteiger partial charge >= 0.3 is 11.9 Å². The van der Waals surface area contributed by atoms with Crippen molar-refractivity contribution in [1.82, 2.24) is 10.6 Å². The van der Waals surface area contributed by atoms with E-state index in [1.807, 2.05) is 0 Å². The zero-order valence-electron chi connectivity index (χ0n) is 38.5. The number of amides is 2. The Morgan fingerprint density at radius 2 is 1.39 bits per heavy atom. The van der Waals surface area contributed by atoms with Crippen molar-refractivity contribution >= 4 is 34.8 Å². The number of carbonyl (C=O) groups excluding carboxylic acids is 3. The summed E-state index contributed by atoms with van der Waals surface area (Å²) in [5.74, 6) is -5.97. The summed E-state index contributed by atoms with van der Waals surface area (Å²) in [6.45, 7) is -0.832. The average Bonchev–Trinajstić information content (AvgIpc) is 3.31. The molecule has 20 atom stereocenters.